The molecule has 1 aromatic carbocycles. The van der Waals surface area contributed by atoms with Gasteiger partial charge in [-0.3, -0.25) is 4.79 Å². The first-order chi connectivity index (χ1) is 11.0. The molecule has 1 aromatic heterocycles. The molecule has 7 heteroatoms. The van der Waals surface area contributed by atoms with Gasteiger partial charge in [-0.15, -0.1) is 11.3 Å². The summed E-state index contributed by atoms with van der Waals surface area (Å²) in [4.78, 5) is 25.8. The number of morpholine rings is 1. The minimum Gasteiger partial charge on any atom is -0.477 e. The second kappa shape index (κ2) is 6.82. The van der Waals surface area contributed by atoms with E-state index in [0.717, 1.165) is 21.4 Å². The highest BCUT2D eigenvalue weighted by Gasteiger charge is 2.27. The highest BCUT2D eigenvalue weighted by atomic mass is 79.9. The van der Waals surface area contributed by atoms with E-state index in [-0.39, 0.29) is 16.9 Å². The van der Waals surface area contributed by atoms with Gasteiger partial charge in [0, 0.05) is 11.0 Å². The first-order valence-corrected chi connectivity index (χ1v) is 8.65. The predicted octanol–water partition coefficient (Wildman–Crippen LogP) is 3.42. The number of carbonyl (C=O) groups is 2. The van der Waals surface area contributed by atoms with Crippen LogP contribution in [-0.4, -0.2) is 41.6 Å². The van der Waals surface area contributed by atoms with Crippen molar-refractivity contribution in [1.82, 2.24) is 4.90 Å². The molecule has 1 amide bonds. The van der Waals surface area contributed by atoms with E-state index in [1.54, 1.807) is 11.0 Å². The van der Waals surface area contributed by atoms with Gasteiger partial charge in [0.25, 0.3) is 5.91 Å². The maximum Gasteiger partial charge on any atom is 0.345 e. The van der Waals surface area contributed by atoms with Crippen molar-refractivity contribution in [2.75, 3.05) is 19.7 Å². The van der Waals surface area contributed by atoms with Crippen LogP contribution in [0.25, 0.3) is 0 Å². The Labute approximate surface area is 145 Å². The molecule has 1 atom stereocenters. The molecule has 120 valence electrons. The van der Waals surface area contributed by atoms with Crippen LogP contribution in [0, 0.1) is 0 Å². The Balaban J connectivity index is 1.75. The van der Waals surface area contributed by atoms with Crippen LogP contribution in [-0.2, 0) is 4.74 Å². The van der Waals surface area contributed by atoms with Crippen LogP contribution in [0.2, 0.25) is 0 Å². The average Bonchev–Trinajstić information content (AvgIpc) is 3.04. The zero-order valence-corrected chi connectivity index (χ0v) is 14.5. The summed E-state index contributed by atoms with van der Waals surface area (Å²) in [7, 11) is 0. The van der Waals surface area contributed by atoms with Gasteiger partial charge in [0.15, 0.2) is 0 Å². The monoisotopic (exact) mass is 395 g/mol. The molecule has 1 fully saturated rings. The quantitative estimate of drug-likeness (QED) is 0.864. The lowest BCUT2D eigenvalue weighted by molar-refractivity contribution is -0.0226. The first-order valence-electron chi connectivity index (χ1n) is 7.04. The highest BCUT2D eigenvalue weighted by molar-refractivity contribution is 9.10. The van der Waals surface area contributed by atoms with E-state index >= 15 is 0 Å². The number of halogens is 1. The van der Waals surface area contributed by atoms with Gasteiger partial charge >= 0.3 is 5.97 Å². The second-order valence-corrected chi connectivity index (χ2v) is 7.13. The zero-order chi connectivity index (χ0) is 16.4. The molecule has 5 nitrogen and oxygen atoms in total. The molecule has 2 aromatic rings. The second-order valence-electron chi connectivity index (χ2n) is 5.13. The van der Waals surface area contributed by atoms with Crippen LogP contribution in [0.15, 0.2) is 40.9 Å². The number of aromatic carboxylic acids is 1. The highest BCUT2D eigenvalue weighted by Crippen LogP contribution is 2.26. The van der Waals surface area contributed by atoms with Gasteiger partial charge in [-0.1, -0.05) is 28.1 Å². The molecule has 0 bridgehead atoms. The Bertz CT molecular complexity index is 745. The largest absolute Gasteiger partial charge is 0.477 e. The van der Waals surface area contributed by atoms with Gasteiger partial charge < -0.3 is 14.7 Å². The fourth-order valence-electron chi connectivity index (χ4n) is 2.47. The van der Waals surface area contributed by atoms with Crippen LogP contribution >= 0.6 is 27.3 Å². The summed E-state index contributed by atoms with van der Waals surface area (Å²) in [5.41, 5.74) is 1.01. The van der Waals surface area contributed by atoms with Crippen molar-refractivity contribution in [2.45, 2.75) is 6.10 Å². The number of amides is 1. The molecule has 2 heterocycles. The average molecular weight is 396 g/mol. The summed E-state index contributed by atoms with van der Waals surface area (Å²) < 4.78 is 6.74. The van der Waals surface area contributed by atoms with Crippen molar-refractivity contribution in [1.29, 1.82) is 0 Å². The lowest BCUT2D eigenvalue weighted by Crippen LogP contribution is -2.42. The van der Waals surface area contributed by atoms with E-state index in [0.29, 0.717) is 24.6 Å². The van der Waals surface area contributed by atoms with Gasteiger partial charge in [0.1, 0.15) is 11.0 Å². The van der Waals surface area contributed by atoms with E-state index in [2.05, 4.69) is 15.9 Å². The van der Waals surface area contributed by atoms with Gasteiger partial charge in [-0.2, -0.15) is 0 Å². The van der Waals surface area contributed by atoms with Gasteiger partial charge in [0.2, 0.25) is 0 Å². The van der Waals surface area contributed by atoms with Gasteiger partial charge in [0.05, 0.1) is 18.0 Å². The van der Waals surface area contributed by atoms with E-state index < -0.39 is 5.97 Å². The molecular formula is C16H14BrNO4S. The molecule has 1 saturated heterocycles. The Kier molecular flexibility index (Phi) is 4.79. The number of nitrogens with zero attached hydrogens (tertiary/aromatic N) is 1. The Morgan fingerprint density at radius 1 is 1.26 bits per heavy atom. The van der Waals surface area contributed by atoms with Gasteiger partial charge in [-0.25, -0.2) is 4.79 Å². The lowest BCUT2D eigenvalue weighted by atomic mass is 10.1. The summed E-state index contributed by atoms with van der Waals surface area (Å²) in [6, 6.07) is 10.9. The van der Waals surface area contributed by atoms with Gasteiger partial charge in [-0.05, 0) is 29.8 Å². The van der Waals surface area contributed by atoms with Crippen LogP contribution in [0.5, 0.6) is 0 Å². The SMILES string of the molecule is O=C(O)c1ccc(C(=O)N2CCOC(c3cccc(Br)c3)C2)s1. The first kappa shape index (κ1) is 16.2. The minimum absolute atomic E-state index is 0.147. The molecular weight excluding hydrogens is 382 g/mol. The zero-order valence-electron chi connectivity index (χ0n) is 12.1. The third-order valence-electron chi connectivity index (χ3n) is 3.60. The molecule has 0 saturated carbocycles. The minimum atomic E-state index is -1.01. The summed E-state index contributed by atoms with van der Waals surface area (Å²) in [5.74, 6) is -1.16. The normalized spacial score (nSPS) is 18.0. The molecule has 0 spiro atoms. The Morgan fingerprint density at radius 2 is 2.04 bits per heavy atom. The van der Waals surface area contributed by atoms with Crippen molar-refractivity contribution in [3.63, 3.8) is 0 Å². The number of thiophene rings is 1. The van der Waals surface area contributed by atoms with E-state index in [1.807, 2.05) is 24.3 Å². The number of carboxylic acid groups (broad SMARTS) is 1. The van der Waals surface area contributed by atoms with Crippen LogP contribution in [0.3, 0.4) is 0 Å². The molecule has 3 rings (SSSR count). The number of rotatable bonds is 3. The van der Waals surface area contributed by atoms with Crippen molar-refractivity contribution in [3.05, 3.63) is 56.2 Å². The van der Waals surface area contributed by atoms with Crippen molar-refractivity contribution < 1.29 is 19.4 Å². The number of hydrogen-bond acceptors (Lipinski definition) is 4. The smallest absolute Gasteiger partial charge is 0.345 e. The standard InChI is InChI=1S/C16H14BrNO4S/c17-11-3-1-2-10(8-11)12-9-18(6-7-22-12)15(19)13-4-5-14(23-13)16(20)21/h1-5,8,12H,6-7,9H2,(H,20,21). The summed E-state index contributed by atoms with van der Waals surface area (Å²) >= 11 is 4.44. The number of hydrogen-bond donors (Lipinski definition) is 1. The van der Waals surface area contributed by atoms with Crippen LogP contribution in [0.1, 0.15) is 31.0 Å². The number of benzene rings is 1. The van der Waals surface area contributed by atoms with Crippen molar-refractivity contribution in [3.8, 4) is 0 Å². The Hall–Kier alpha value is -1.70. The van der Waals surface area contributed by atoms with E-state index in [9.17, 15) is 9.59 Å². The van der Waals surface area contributed by atoms with Crippen LogP contribution in [0.4, 0.5) is 0 Å². The predicted molar refractivity (Wildman–Crippen MR) is 90.0 cm³/mol. The van der Waals surface area contributed by atoms with Crippen LogP contribution < -0.4 is 0 Å². The Morgan fingerprint density at radius 3 is 2.74 bits per heavy atom. The van der Waals surface area contributed by atoms with Crippen molar-refractivity contribution >= 4 is 39.1 Å². The maximum absolute atomic E-state index is 12.6. The lowest BCUT2D eigenvalue weighted by Gasteiger charge is -2.33. The molecule has 1 aliphatic heterocycles. The summed E-state index contributed by atoms with van der Waals surface area (Å²) in [5, 5.41) is 8.97. The van der Waals surface area contributed by atoms with E-state index in [1.165, 1.54) is 6.07 Å². The topological polar surface area (TPSA) is 66.8 Å². The van der Waals surface area contributed by atoms with E-state index in [4.69, 9.17) is 9.84 Å². The number of carboxylic acids is 1. The molecule has 0 radical (unpaired) electrons. The third-order valence-corrected chi connectivity index (χ3v) is 5.16. The number of ether oxygens (including phenoxy) is 1. The third kappa shape index (κ3) is 3.63. The molecule has 1 aliphatic rings. The summed E-state index contributed by atoms with van der Waals surface area (Å²) in [6.45, 7) is 1.42. The number of carbonyl (C=O) groups excluding carboxylic acids is 1. The molecule has 1 unspecified atom stereocenters. The fourth-order valence-corrected chi connectivity index (χ4v) is 3.70. The molecule has 23 heavy (non-hydrogen) atoms. The molecule has 0 aliphatic carbocycles. The van der Waals surface area contributed by atoms with Crippen molar-refractivity contribution in [2.24, 2.45) is 0 Å². The summed E-state index contributed by atoms with van der Waals surface area (Å²) in [6.07, 6.45) is -0.177. The molecule has 1 N–H and O–H groups in total. The maximum atomic E-state index is 12.6. The fraction of sp³-hybridized carbons (Fsp3) is 0.250.